The van der Waals surface area contributed by atoms with Crippen molar-refractivity contribution < 1.29 is 0 Å². The fourth-order valence-corrected chi connectivity index (χ4v) is 1.93. The van der Waals surface area contributed by atoms with Crippen molar-refractivity contribution in [2.24, 2.45) is 0 Å². The molecular weight excluding hydrogens is 238 g/mol. The van der Waals surface area contributed by atoms with Crippen LogP contribution in [0.15, 0.2) is 18.2 Å². The first-order valence-corrected chi connectivity index (χ1v) is 6.27. The van der Waals surface area contributed by atoms with E-state index >= 15 is 0 Å². The second kappa shape index (κ2) is 5.14. The van der Waals surface area contributed by atoms with Crippen molar-refractivity contribution in [2.75, 3.05) is 16.8 Å². The minimum atomic E-state index is 0.182. The predicted octanol–water partition coefficient (Wildman–Crippen LogP) is 2.56. The van der Waals surface area contributed by atoms with E-state index in [-0.39, 0.29) is 5.95 Å². The number of rotatable bonds is 3. The summed E-state index contributed by atoms with van der Waals surface area (Å²) in [4.78, 5) is 8.21. The highest BCUT2D eigenvalue weighted by Crippen LogP contribution is 2.25. The number of anilines is 4. The number of aryl methyl sites for hydroxylation is 2. The summed E-state index contributed by atoms with van der Waals surface area (Å²) in [7, 11) is 0. The van der Waals surface area contributed by atoms with Gasteiger partial charge in [-0.1, -0.05) is 13.0 Å². The average Bonchev–Trinajstić information content (AvgIpc) is 2.33. The van der Waals surface area contributed by atoms with Crippen LogP contribution in [0, 0.1) is 13.8 Å². The van der Waals surface area contributed by atoms with E-state index in [1.54, 1.807) is 0 Å². The number of aromatic nitrogens is 2. The molecule has 5 heteroatoms. The Morgan fingerprint density at radius 2 is 1.84 bits per heavy atom. The average molecular weight is 257 g/mol. The maximum atomic E-state index is 5.87. The monoisotopic (exact) mass is 257 g/mol. The van der Waals surface area contributed by atoms with Gasteiger partial charge in [-0.25, -0.2) is 0 Å². The van der Waals surface area contributed by atoms with Crippen LogP contribution in [0.5, 0.6) is 0 Å². The number of nitrogens with zero attached hydrogens (tertiary/aromatic N) is 2. The van der Waals surface area contributed by atoms with Crippen LogP contribution in [0.1, 0.15) is 23.6 Å². The quantitative estimate of drug-likeness (QED) is 0.786. The van der Waals surface area contributed by atoms with E-state index in [0.717, 1.165) is 17.7 Å². The maximum absolute atomic E-state index is 5.87. The predicted molar refractivity (Wildman–Crippen MR) is 79.4 cm³/mol. The second-order valence-electron chi connectivity index (χ2n) is 4.57. The van der Waals surface area contributed by atoms with Gasteiger partial charge in [0.25, 0.3) is 0 Å². The molecule has 0 saturated carbocycles. The molecule has 1 aromatic carbocycles. The number of nitrogen functional groups attached to an aromatic ring is 2. The molecule has 5 nitrogen and oxygen atoms in total. The van der Waals surface area contributed by atoms with Gasteiger partial charge in [-0.15, -0.1) is 0 Å². The molecule has 5 N–H and O–H groups in total. The molecule has 0 saturated heterocycles. The van der Waals surface area contributed by atoms with Crippen molar-refractivity contribution in [1.82, 2.24) is 9.97 Å². The lowest BCUT2D eigenvalue weighted by Crippen LogP contribution is -2.08. The molecule has 0 aliphatic carbocycles. The molecule has 100 valence electrons. The number of nitrogens with two attached hydrogens (primary N) is 2. The molecule has 19 heavy (non-hydrogen) atoms. The molecule has 0 amide bonds. The summed E-state index contributed by atoms with van der Waals surface area (Å²) in [6.45, 7) is 6.16. The first kappa shape index (κ1) is 13.1. The first-order chi connectivity index (χ1) is 9.01. The molecule has 0 fully saturated rings. The smallest absolute Gasteiger partial charge is 0.223 e. The molecule has 0 radical (unpaired) electrons. The molecule has 0 unspecified atom stereocenters. The molecule has 0 aliphatic heterocycles. The molecule has 0 aliphatic rings. The third-order valence-corrected chi connectivity index (χ3v) is 3.18. The molecular formula is C14H19N5. The van der Waals surface area contributed by atoms with Crippen molar-refractivity contribution in [3.63, 3.8) is 0 Å². The van der Waals surface area contributed by atoms with Gasteiger partial charge in [0.2, 0.25) is 5.95 Å². The van der Waals surface area contributed by atoms with Crippen molar-refractivity contribution in [2.45, 2.75) is 27.2 Å². The lowest BCUT2D eigenvalue weighted by atomic mass is 10.1. The SMILES string of the molecule is CCc1c(N)nc(N)nc1Nc1ccc(C)c(C)c1. The van der Waals surface area contributed by atoms with E-state index in [4.69, 9.17) is 11.5 Å². The summed E-state index contributed by atoms with van der Waals surface area (Å²) in [5.41, 5.74) is 15.8. The van der Waals surface area contributed by atoms with Gasteiger partial charge in [0.05, 0.1) is 0 Å². The summed E-state index contributed by atoms with van der Waals surface area (Å²) in [6.07, 6.45) is 0.749. The summed E-state index contributed by atoms with van der Waals surface area (Å²) in [5, 5.41) is 3.26. The van der Waals surface area contributed by atoms with E-state index < -0.39 is 0 Å². The van der Waals surface area contributed by atoms with Crippen molar-refractivity contribution >= 4 is 23.3 Å². The van der Waals surface area contributed by atoms with Crippen LogP contribution >= 0.6 is 0 Å². The highest BCUT2D eigenvalue weighted by molar-refractivity contribution is 5.66. The lowest BCUT2D eigenvalue weighted by Gasteiger charge is -2.13. The van der Waals surface area contributed by atoms with Crippen LogP contribution in [0.2, 0.25) is 0 Å². The molecule has 0 bridgehead atoms. The molecule has 1 aromatic heterocycles. The fourth-order valence-electron chi connectivity index (χ4n) is 1.93. The number of hydrogen-bond acceptors (Lipinski definition) is 5. The maximum Gasteiger partial charge on any atom is 0.223 e. The Morgan fingerprint density at radius 3 is 2.47 bits per heavy atom. The molecule has 2 rings (SSSR count). The summed E-state index contributed by atoms with van der Waals surface area (Å²) >= 11 is 0. The van der Waals surface area contributed by atoms with Crippen molar-refractivity contribution in [3.8, 4) is 0 Å². The van der Waals surface area contributed by atoms with Crippen LogP contribution in [-0.2, 0) is 6.42 Å². The Balaban J connectivity index is 2.39. The third kappa shape index (κ3) is 2.76. The van der Waals surface area contributed by atoms with E-state index in [9.17, 15) is 0 Å². The standard InChI is InChI=1S/C14H19N5/c1-4-11-12(15)18-14(16)19-13(11)17-10-6-5-8(2)9(3)7-10/h5-7H,4H2,1-3H3,(H5,15,16,17,18,19). The molecule has 0 atom stereocenters. The van der Waals surface area contributed by atoms with Crippen LogP contribution < -0.4 is 16.8 Å². The van der Waals surface area contributed by atoms with Crippen LogP contribution in [0.25, 0.3) is 0 Å². The van der Waals surface area contributed by atoms with Crippen LogP contribution in [0.4, 0.5) is 23.3 Å². The largest absolute Gasteiger partial charge is 0.383 e. The van der Waals surface area contributed by atoms with Gasteiger partial charge >= 0.3 is 0 Å². The van der Waals surface area contributed by atoms with Gasteiger partial charge in [-0.3, -0.25) is 0 Å². The van der Waals surface area contributed by atoms with Gasteiger partial charge in [0.15, 0.2) is 0 Å². The van der Waals surface area contributed by atoms with E-state index in [0.29, 0.717) is 11.6 Å². The van der Waals surface area contributed by atoms with E-state index in [1.807, 2.05) is 13.0 Å². The zero-order valence-corrected chi connectivity index (χ0v) is 11.5. The lowest BCUT2D eigenvalue weighted by molar-refractivity contribution is 1.07. The number of hydrogen-bond donors (Lipinski definition) is 3. The minimum Gasteiger partial charge on any atom is -0.383 e. The van der Waals surface area contributed by atoms with Crippen LogP contribution in [0.3, 0.4) is 0 Å². The van der Waals surface area contributed by atoms with Gasteiger partial charge in [0, 0.05) is 11.3 Å². The summed E-state index contributed by atoms with van der Waals surface area (Å²) < 4.78 is 0. The second-order valence-corrected chi connectivity index (χ2v) is 4.57. The molecule has 1 heterocycles. The summed E-state index contributed by atoms with van der Waals surface area (Å²) in [5.74, 6) is 1.29. The molecule has 2 aromatic rings. The van der Waals surface area contributed by atoms with Crippen molar-refractivity contribution in [3.05, 3.63) is 34.9 Å². The first-order valence-electron chi connectivity index (χ1n) is 6.27. The Hall–Kier alpha value is -2.30. The Bertz CT molecular complexity index is 607. The van der Waals surface area contributed by atoms with Crippen molar-refractivity contribution in [1.29, 1.82) is 0 Å². The highest BCUT2D eigenvalue weighted by Gasteiger charge is 2.10. The third-order valence-electron chi connectivity index (χ3n) is 3.18. The minimum absolute atomic E-state index is 0.182. The number of benzene rings is 1. The zero-order chi connectivity index (χ0) is 14.0. The van der Waals surface area contributed by atoms with Gasteiger partial charge < -0.3 is 16.8 Å². The normalized spacial score (nSPS) is 10.5. The van der Waals surface area contributed by atoms with Gasteiger partial charge in [-0.05, 0) is 43.5 Å². The molecule has 0 spiro atoms. The topological polar surface area (TPSA) is 89.8 Å². The fraction of sp³-hybridized carbons (Fsp3) is 0.286. The Morgan fingerprint density at radius 1 is 1.11 bits per heavy atom. The summed E-state index contributed by atoms with van der Waals surface area (Å²) in [6, 6.07) is 6.15. The highest BCUT2D eigenvalue weighted by atomic mass is 15.1. The van der Waals surface area contributed by atoms with E-state index in [2.05, 4.69) is 41.3 Å². The zero-order valence-electron chi connectivity index (χ0n) is 11.5. The van der Waals surface area contributed by atoms with Crippen LogP contribution in [-0.4, -0.2) is 9.97 Å². The van der Waals surface area contributed by atoms with Gasteiger partial charge in [0.1, 0.15) is 11.6 Å². The Labute approximate surface area is 113 Å². The number of nitrogens with one attached hydrogen (secondary N) is 1. The van der Waals surface area contributed by atoms with E-state index in [1.165, 1.54) is 11.1 Å². The Kier molecular flexibility index (Phi) is 3.55. The van der Waals surface area contributed by atoms with Gasteiger partial charge in [-0.2, -0.15) is 9.97 Å².